The van der Waals surface area contributed by atoms with Crippen molar-refractivity contribution in [3.8, 4) is 34.5 Å². The van der Waals surface area contributed by atoms with E-state index >= 15 is 0 Å². The van der Waals surface area contributed by atoms with Crippen LogP contribution >= 0.6 is 43.6 Å². The van der Waals surface area contributed by atoms with Crippen LogP contribution in [0.4, 0.5) is 0 Å². The maximum atomic E-state index is 14.1. The van der Waals surface area contributed by atoms with E-state index in [0.717, 1.165) is 36.4 Å². The van der Waals surface area contributed by atoms with Crippen molar-refractivity contribution >= 4 is 82.7 Å². The van der Waals surface area contributed by atoms with Gasteiger partial charge in [-0.1, -0.05) is 58.7 Å². The Morgan fingerprint density at radius 2 is 1.03 bits per heavy atom. The molecule has 0 fully saturated rings. The number of phenols is 6. The number of aliphatic hydroxyl groups excluding tert-OH is 3. The van der Waals surface area contributed by atoms with Crippen molar-refractivity contribution in [1.82, 2.24) is 13.7 Å². The molecule has 0 radical (unpaired) electrons. The molecule has 0 spiro atoms. The lowest BCUT2D eigenvalue weighted by Crippen LogP contribution is -2.46. The van der Waals surface area contributed by atoms with Crippen LogP contribution in [-0.4, -0.2) is 139 Å². The molecule has 1 heterocycles. The van der Waals surface area contributed by atoms with E-state index in [4.69, 9.17) is 14.2 Å². The van der Waals surface area contributed by atoms with Gasteiger partial charge < -0.3 is 70.8 Å². The quantitative estimate of drug-likeness (QED) is 0.0147. The number of hydrogen-bond acceptors (Lipinski definition) is 18. The molecule has 3 aromatic rings. The van der Waals surface area contributed by atoms with Gasteiger partial charge in [0, 0.05) is 36.9 Å². The van der Waals surface area contributed by atoms with Crippen molar-refractivity contribution in [2.24, 2.45) is 0 Å². The van der Waals surface area contributed by atoms with E-state index in [-0.39, 0.29) is 35.0 Å². The predicted molar refractivity (Wildman–Crippen MR) is 262 cm³/mol. The maximum Gasteiger partial charge on any atom is 0.335 e. The second-order valence-electron chi connectivity index (χ2n) is 15.0. The molecule has 4 rings (SSSR count). The number of rotatable bonds is 20. The molecule has 3 amide bonds. The van der Waals surface area contributed by atoms with Crippen molar-refractivity contribution < 1.29 is 88.9 Å². The first kappa shape index (κ1) is 54.8. The van der Waals surface area contributed by atoms with E-state index in [1.165, 1.54) is 61.8 Å². The molecule has 3 aromatic carbocycles. The highest BCUT2D eigenvalue weighted by Crippen LogP contribution is 2.42. The minimum Gasteiger partial charge on any atom is -0.504 e. The standard InChI is InChI=1S/C46H47I2N3O18/c1-20(2)44(64)67-18-31(55)33-26(16-49-40(61)23-10-7-13-28(52)36(23)57)34(32(56)19-68-45(65)21(3)4)48-35(27(33)17-50-41(62)24-11-8-14-29(53)37(24)58)39(60)43(69-46(66)22(5)6)51(47)42(63)25-12-9-15-30(54)38(25)59/h7-15,31-32,39,43,52-60H,1,3,5,16-19H2,2,4,6H3,(H,49,61)(H,50,62)/t31-,32-,39?,43?/m1/s1. The molecular weight excluding hydrogens is 1140 g/mol. The Morgan fingerprint density at radius 3 is 1.48 bits per heavy atom. The summed E-state index contributed by atoms with van der Waals surface area (Å²) in [5.41, 5.74) is -2.70. The first-order valence-electron chi connectivity index (χ1n) is 20.0. The molecule has 368 valence electrons. The maximum absolute atomic E-state index is 14.1. The van der Waals surface area contributed by atoms with Crippen molar-refractivity contribution in [3.63, 3.8) is 0 Å². The smallest absolute Gasteiger partial charge is 0.335 e. The summed E-state index contributed by atoms with van der Waals surface area (Å²) in [6.07, 6.45) is -8.29. The highest BCUT2D eigenvalue weighted by molar-refractivity contribution is 14.2. The van der Waals surface area contributed by atoms with Gasteiger partial charge in [-0.2, -0.15) is 0 Å². The van der Waals surface area contributed by atoms with Crippen LogP contribution in [0.25, 0.3) is 0 Å². The average molecular weight is 1180 g/mol. The van der Waals surface area contributed by atoms with Crippen LogP contribution < -0.4 is 10.6 Å². The molecule has 1 aliphatic heterocycles. The molecule has 0 saturated heterocycles. The number of nitrogens with zero attached hydrogens (tertiary/aromatic N) is 1. The number of benzene rings is 3. The molecule has 4 atom stereocenters. The first-order valence-corrected chi connectivity index (χ1v) is 23.1. The van der Waals surface area contributed by atoms with Gasteiger partial charge in [-0.25, -0.2) is 17.5 Å². The number of ether oxygens (including phenoxy) is 3. The van der Waals surface area contributed by atoms with Crippen molar-refractivity contribution in [3.05, 3.63) is 128 Å². The minimum absolute atomic E-state index is 0.0755. The SMILES string of the molecule is C=C(C)C(=O)OC[C@@H](O)C1=IC(C(O)C(OC(=O)C(=C)C)N(I)C(=O)c2cccc(O)c2O)=C(CNC(=O)c2cccc(O)c2O)C([C@H](O)COC(=O)C(=C)C)=C1CNC(=O)c1cccc(O)c1O. The number of amides is 3. The summed E-state index contributed by atoms with van der Waals surface area (Å²) in [6, 6.07) is 10.4. The summed E-state index contributed by atoms with van der Waals surface area (Å²) in [7, 11) is 0. The van der Waals surface area contributed by atoms with Gasteiger partial charge in [0.25, 0.3) is 17.7 Å². The molecule has 2 unspecified atom stereocenters. The number of phenolic OH excluding ortho intramolecular Hbond substituents is 6. The van der Waals surface area contributed by atoms with Crippen LogP contribution in [0.5, 0.6) is 34.5 Å². The summed E-state index contributed by atoms with van der Waals surface area (Å²) in [4.78, 5) is 80.1. The Bertz CT molecular complexity index is 2710. The molecule has 11 N–H and O–H groups in total. The van der Waals surface area contributed by atoms with Crippen LogP contribution in [0.2, 0.25) is 0 Å². The second-order valence-corrected chi connectivity index (χ2v) is 18.9. The molecule has 0 aliphatic carbocycles. The number of halogens is 2. The lowest BCUT2D eigenvalue weighted by atomic mass is 9.90. The third-order valence-electron chi connectivity index (χ3n) is 9.64. The Hall–Kier alpha value is -6.81. The Kier molecular flexibility index (Phi) is 19.0. The van der Waals surface area contributed by atoms with E-state index in [1.54, 1.807) is 0 Å². The summed E-state index contributed by atoms with van der Waals surface area (Å²) >= 11 is -0.866. The highest BCUT2D eigenvalue weighted by atomic mass is 127. The molecule has 69 heavy (non-hydrogen) atoms. The number of esters is 3. The van der Waals surface area contributed by atoms with E-state index in [0.29, 0.717) is 3.11 Å². The van der Waals surface area contributed by atoms with Gasteiger partial charge in [-0.15, -0.1) is 0 Å². The number of para-hydroxylation sites is 3. The monoisotopic (exact) mass is 1180 g/mol. The number of aliphatic hydroxyl groups is 3. The highest BCUT2D eigenvalue weighted by Gasteiger charge is 2.41. The summed E-state index contributed by atoms with van der Waals surface area (Å²) in [5.74, 6) is -11.0. The van der Waals surface area contributed by atoms with E-state index in [2.05, 4.69) is 30.4 Å². The third-order valence-corrected chi connectivity index (χ3v) is 14.4. The molecule has 1 aliphatic rings. The number of carbonyl (C=O) groups excluding carboxylic acids is 6. The average Bonchev–Trinajstić information content (AvgIpc) is 3.31. The van der Waals surface area contributed by atoms with Crippen molar-refractivity contribution in [2.75, 3.05) is 26.3 Å². The van der Waals surface area contributed by atoms with Gasteiger partial charge in [0.15, 0.2) is 34.5 Å². The van der Waals surface area contributed by atoms with Crippen LogP contribution in [0.15, 0.2) is 111 Å². The minimum atomic E-state index is -2.25. The molecule has 0 bridgehead atoms. The molecular formula is C46H47I2N3O18. The van der Waals surface area contributed by atoms with Gasteiger partial charge in [0.2, 0.25) is 6.23 Å². The predicted octanol–water partition coefficient (Wildman–Crippen LogP) is 3.05. The van der Waals surface area contributed by atoms with Gasteiger partial charge in [0.05, 0.1) is 39.6 Å². The number of hydrogen-bond donors (Lipinski definition) is 11. The number of aromatic hydroxyl groups is 6. The summed E-state index contributed by atoms with van der Waals surface area (Å²) in [6.45, 7) is 11.2. The topological polar surface area (TPSA) is 339 Å². The Labute approximate surface area is 417 Å². The van der Waals surface area contributed by atoms with Crippen LogP contribution in [0.3, 0.4) is 0 Å². The van der Waals surface area contributed by atoms with Crippen molar-refractivity contribution in [2.45, 2.75) is 45.3 Å². The van der Waals surface area contributed by atoms with Gasteiger partial charge in [-0.3, -0.25) is 14.4 Å². The molecule has 23 heteroatoms. The Balaban J connectivity index is 2.11. The lowest BCUT2D eigenvalue weighted by Gasteiger charge is -2.35. The van der Waals surface area contributed by atoms with Gasteiger partial charge >= 0.3 is 17.9 Å². The van der Waals surface area contributed by atoms with Crippen LogP contribution in [0.1, 0.15) is 51.8 Å². The zero-order valence-corrected chi connectivity index (χ0v) is 41.2. The molecule has 21 nitrogen and oxygen atoms in total. The lowest BCUT2D eigenvalue weighted by molar-refractivity contribution is -0.153. The Morgan fingerprint density at radius 1 is 0.623 bits per heavy atom. The number of nitrogens with one attached hydrogen (secondary N) is 2. The molecule has 0 aromatic heterocycles. The van der Waals surface area contributed by atoms with Crippen LogP contribution in [-0.2, 0) is 28.6 Å². The van der Waals surface area contributed by atoms with Gasteiger partial charge in [-0.05, 0) is 73.9 Å². The fourth-order valence-electron chi connectivity index (χ4n) is 6.10. The number of carbonyl (C=O) groups is 6. The second kappa shape index (κ2) is 24.0. The van der Waals surface area contributed by atoms with E-state index in [1.807, 2.05) is 0 Å². The first-order chi connectivity index (χ1) is 32.4. The fourth-order valence-corrected chi connectivity index (χ4v) is 10.2. The zero-order valence-electron chi connectivity index (χ0n) is 36.9. The van der Waals surface area contributed by atoms with E-state index in [9.17, 15) is 74.7 Å². The molecule has 0 saturated carbocycles. The fraction of sp³-hybridized carbons (Fsp3) is 0.239. The summed E-state index contributed by atoms with van der Waals surface area (Å²) in [5, 5.41) is 104. The van der Waals surface area contributed by atoms with Crippen molar-refractivity contribution in [1.29, 1.82) is 0 Å². The van der Waals surface area contributed by atoms with Gasteiger partial charge in [0.1, 0.15) is 31.5 Å². The van der Waals surface area contributed by atoms with E-state index < -0.39 is 164 Å². The largest absolute Gasteiger partial charge is 0.504 e. The zero-order chi connectivity index (χ0) is 51.6. The normalized spacial score (nSPS) is 14.1. The van der Waals surface area contributed by atoms with Crippen LogP contribution in [0, 0.1) is 0 Å². The summed E-state index contributed by atoms with van der Waals surface area (Å²) < 4.78 is 16.4. The third kappa shape index (κ3) is 13.3.